The summed E-state index contributed by atoms with van der Waals surface area (Å²) < 4.78 is 5.20. The molecule has 1 atom stereocenters. The molecule has 0 radical (unpaired) electrons. The van der Waals surface area contributed by atoms with Gasteiger partial charge in [-0.1, -0.05) is 30.0 Å². The van der Waals surface area contributed by atoms with E-state index in [0.29, 0.717) is 17.0 Å². The van der Waals surface area contributed by atoms with Gasteiger partial charge in [0.05, 0.1) is 23.0 Å². The van der Waals surface area contributed by atoms with Crippen LogP contribution in [0.2, 0.25) is 0 Å². The molecule has 0 spiro atoms. The normalized spacial score (nSPS) is 17.4. The van der Waals surface area contributed by atoms with Gasteiger partial charge in [-0.2, -0.15) is 5.26 Å². The van der Waals surface area contributed by atoms with Crippen molar-refractivity contribution in [3.05, 3.63) is 74.8 Å². The van der Waals surface area contributed by atoms with E-state index < -0.39 is 16.1 Å². The first-order valence-corrected chi connectivity index (χ1v) is 9.56. The number of ether oxygens (including phenoxy) is 1. The van der Waals surface area contributed by atoms with Crippen LogP contribution in [0.1, 0.15) is 5.56 Å². The topological polar surface area (TPSA) is 140 Å². The number of rotatable bonds is 6. The largest absolute Gasteiger partial charge is 0.497 e. The third kappa shape index (κ3) is 4.11. The Morgan fingerprint density at radius 1 is 1.33 bits per heavy atom. The van der Waals surface area contributed by atoms with E-state index in [1.54, 1.807) is 36.4 Å². The van der Waals surface area contributed by atoms with Gasteiger partial charge in [-0.3, -0.25) is 24.6 Å². The summed E-state index contributed by atoms with van der Waals surface area (Å²) >= 11 is 1.03. The second-order valence-corrected chi connectivity index (χ2v) is 7.46. The Morgan fingerprint density at radius 3 is 2.70 bits per heavy atom. The lowest BCUT2D eigenvalue weighted by molar-refractivity contribution is -0.384. The van der Waals surface area contributed by atoms with Gasteiger partial charge in [0.2, 0.25) is 5.91 Å². The summed E-state index contributed by atoms with van der Waals surface area (Å²) in [4.78, 5) is 36.8. The van der Waals surface area contributed by atoms with E-state index in [4.69, 9.17) is 10.5 Å². The number of nitrogens with two attached hydrogens (primary N) is 1. The highest BCUT2D eigenvalue weighted by Gasteiger charge is 2.40. The van der Waals surface area contributed by atoms with Gasteiger partial charge >= 0.3 is 0 Å². The number of nitro benzene ring substituents is 1. The Labute approximate surface area is 175 Å². The van der Waals surface area contributed by atoms with E-state index in [9.17, 15) is 25.0 Å². The number of hydrogen-bond donors (Lipinski definition) is 1. The van der Waals surface area contributed by atoms with E-state index in [-0.39, 0.29) is 28.6 Å². The minimum Gasteiger partial charge on any atom is -0.497 e. The summed E-state index contributed by atoms with van der Waals surface area (Å²) in [5.41, 5.74) is 5.93. The molecule has 0 unspecified atom stereocenters. The number of hydrogen-bond acceptors (Lipinski definition) is 7. The number of carbonyl (C=O) groups excluding carboxylic acids is 2. The van der Waals surface area contributed by atoms with Crippen molar-refractivity contribution in [2.45, 2.75) is 11.7 Å². The molecule has 152 valence electrons. The van der Waals surface area contributed by atoms with Crippen LogP contribution in [-0.4, -0.2) is 29.1 Å². The maximum absolute atomic E-state index is 13.2. The summed E-state index contributed by atoms with van der Waals surface area (Å²) in [5.74, 6) is -0.829. The maximum Gasteiger partial charge on any atom is 0.269 e. The number of nitro groups is 1. The number of benzene rings is 2. The minimum absolute atomic E-state index is 0.0850. The predicted octanol–water partition coefficient (Wildman–Crippen LogP) is 2.51. The minimum atomic E-state index is -0.948. The van der Waals surface area contributed by atoms with Crippen LogP contribution in [0.5, 0.6) is 5.75 Å². The Balaban J connectivity index is 2.03. The standard InChI is InChI=1S/C20H16N4O5S/c1-29-15-7-3-5-13(10-15)23-19(26)17(30-20(23)16(11-21)18(22)25)9-12-4-2-6-14(8-12)24(27)28/h2-8,10,17H,9H2,1H3,(H2,22,25)/b20-16+/t17-/m1/s1. The van der Waals surface area contributed by atoms with Crippen LogP contribution < -0.4 is 15.4 Å². The molecule has 2 N–H and O–H groups in total. The Hall–Kier alpha value is -3.84. The first kappa shape index (κ1) is 20.9. The van der Waals surface area contributed by atoms with Crippen molar-refractivity contribution >= 4 is 35.0 Å². The fourth-order valence-electron chi connectivity index (χ4n) is 3.00. The Kier molecular flexibility index (Phi) is 6.03. The van der Waals surface area contributed by atoms with Crippen LogP contribution in [0.3, 0.4) is 0 Å². The fraction of sp³-hybridized carbons (Fsp3) is 0.150. The predicted molar refractivity (Wildman–Crippen MR) is 110 cm³/mol. The molecule has 1 aliphatic rings. The van der Waals surface area contributed by atoms with Gasteiger partial charge in [0.1, 0.15) is 22.4 Å². The zero-order chi connectivity index (χ0) is 21.8. The summed E-state index contributed by atoms with van der Waals surface area (Å²) in [5, 5.41) is 19.9. The quantitative estimate of drug-likeness (QED) is 0.325. The van der Waals surface area contributed by atoms with E-state index >= 15 is 0 Å². The van der Waals surface area contributed by atoms with Crippen molar-refractivity contribution in [1.29, 1.82) is 5.26 Å². The SMILES string of the molecule is COc1cccc(N2C(=O)[C@@H](Cc3cccc([N+](=O)[O-])c3)S/C2=C(\C#N)C(N)=O)c1. The summed E-state index contributed by atoms with van der Waals surface area (Å²) in [6.45, 7) is 0. The molecule has 30 heavy (non-hydrogen) atoms. The average molecular weight is 424 g/mol. The molecule has 9 nitrogen and oxygen atoms in total. The van der Waals surface area contributed by atoms with Gasteiger partial charge < -0.3 is 10.5 Å². The van der Waals surface area contributed by atoms with Crippen LogP contribution in [0.25, 0.3) is 0 Å². The molecule has 3 rings (SSSR count). The lowest BCUT2D eigenvalue weighted by Gasteiger charge is -2.18. The van der Waals surface area contributed by atoms with Crippen molar-refractivity contribution in [1.82, 2.24) is 0 Å². The van der Waals surface area contributed by atoms with Crippen LogP contribution >= 0.6 is 11.8 Å². The molecule has 0 aliphatic carbocycles. The zero-order valence-electron chi connectivity index (χ0n) is 15.8. The molecule has 0 bridgehead atoms. The van der Waals surface area contributed by atoms with E-state index in [1.807, 2.05) is 0 Å². The summed E-state index contributed by atoms with van der Waals surface area (Å²) in [6.07, 6.45) is 0.173. The molecule has 2 aromatic rings. The fourth-order valence-corrected chi connectivity index (χ4v) is 4.31. The number of thioether (sulfide) groups is 1. The van der Waals surface area contributed by atoms with Crippen LogP contribution in [0, 0.1) is 21.4 Å². The van der Waals surface area contributed by atoms with Crippen LogP contribution in [0.15, 0.2) is 59.1 Å². The third-order valence-corrected chi connectivity index (χ3v) is 5.64. The van der Waals surface area contributed by atoms with E-state index in [1.165, 1.54) is 30.2 Å². The van der Waals surface area contributed by atoms with Gasteiger partial charge in [-0.25, -0.2) is 0 Å². The highest BCUT2D eigenvalue weighted by molar-refractivity contribution is 8.05. The first-order chi connectivity index (χ1) is 14.3. The van der Waals surface area contributed by atoms with Crippen molar-refractivity contribution in [2.75, 3.05) is 12.0 Å². The van der Waals surface area contributed by atoms with Gasteiger partial charge in [0, 0.05) is 18.2 Å². The number of methoxy groups -OCH3 is 1. The number of nitriles is 1. The molecule has 2 amide bonds. The van der Waals surface area contributed by atoms with Crippen molar-refractivity contribution in [3.8, 4) is 11.8 Å². The smallest absolute Gasteiger partial charge is 0.269 e. The van der Waals surface area contributed by atoms with Crippen molar-refractivity contribution in [3.63, 3.8) is 0 Å². The molecule has 1 aliphatic heterocycles. The molecular weight excluding hydrogens is 408 g/mol. The monoisotopic (exact) mass is 424 g/mol. The number of anilines is 1. The van der Waals surface area contributed by atoms with Gasteiger partial charge in [-0.05, 0) is 24.1 Å². The van der Waals surface area contributed by atoms with Crippen LogP contribution in [-0.2, 0) is 16.0 Å². The van der Waals surface area contributed by atoms with E-state index in [2.05, 4.69) is 0 Å². The molecule has 1 saturated heterocycles. The molecular formula is C20H16N4O5S. The molecule has 2 aromatic carbocycles. The van der Waals surface area contributed by atoms with E-state index in [0.717, 1.165) is 11.8 Å². The van der Waals surface area contributed by atoms with Crippen molar-refractivity contribution in [2.24, 2.45) is 5.73 Å². The molecule has 1 fully saturated rings. The molecule has 1 heterocycles. The van der Waals surface area contributed by atoms with Gasteiger partial charge in [0.25, 0.3) is 11.6 Å². The lowest BCUT2D eigenvalue weighted by Crippen LogP contribution is -2.31. The van der Waals surface area contributed by atoms with Gasteiger partial charge in [-0.15, -0.1) is 0 Å². The zero-order valence-corrected chi connectivity index (χ0v) is 16.6. The molecule has 0 aromatic heterocycles. The molecule has 0 saturated carbocycles. The summed E-state index contributed by atoms with van der Waals surface area (Å²) in [7, 11) is 1.48. The second kappa shape index (κ2) is 8.67. The number of amides is 2. The number of nitrogens with zero attached hydrogens (tertiary/aromatic N) is 3. The number of primary amides is 1. The summed E-state index contributed by atoms with van der Waals surface area (Å²) in [6, 6.07) is 14.4. The molecule has 10 heteroatoms. The average Bonchev–Trinajstić information content (AvgIpc) is 3.04. The number of non-ortho nitro benzene ring substituents is 1. The third-order valence-electron chi connectivity index (χ3n) is 4.38. The Bertz CT molecular complexity index is 1110. The first-order valence-electron chi connectivity index (χ1n) is 8.68. The lowest BCUT2D eigenvalue weighted by atomic mass is 10.1. The highest BCUT2D eigenvalue weighted by atomic mass is 32.2. The Morgan fingerprint density at radius 2 is 2.07 bits per heavy atom. The van der Waals surface area contributed by atoms with Crippen molar-refractivity contribution < 1.29 is 19.2 Å². The highest BCUT2D eigenvalue weighted by Crippen LogP contribution is 2.42. The second-order valence-electron chi connectivity index (χ2n) is 6.27. The maximum atomic E-state index is 13.2. The van der Waals surface area contributed by atoms with Crippen LogP contribution in [0.4, 0.5) is 11.4 Å². The van der Waals surface area contributed by atoms with Gasteiger partial charge in [0.15, 0.2) is 0 Å². The number of carbonyl (C=O) groups is 2.